The Labute approximate surface area is 122 Å². The number of hydrogen-bond donors (Lipinski definition) is 1. The molecule has 1 unspecified atom stereocenters. The minimum atomic E-state index is 0.0844. The van der Waals surface area contributed by atoms with Gasteiger partial charge in [-0.25, -0.2) is 0 Å². The summed E-state index contributed by atoms with van der Waals surface area (Å²) < 4.78 is 17.0. The largest absolute Gasteiger partial charge is 0.490 e. The molecule has 0 aromatic heterocycles. The standard InChI is InChI=1S/C16H27NO3/c1-5-18-15-8-6-7-14(11-13(4)17)16(15)20-10-9-19-12(2)3/h6-8,12-13H,5,9-11,17H2,1-4H3. The minimum absolute atomic E-state index is 0.0844. The highest BCUT2D eigenvalue weighted by atomic mass is 16.5. The molecule has 0 saturated heterocycles. The average molecular weight is 281 g/mol. The minimum Gasteiger partial charge on any atom is -0.490 e. The highest BCUT2D eigenvalue weighted by molar-refractivity contribution is 5.47. The van der Waals surface area contributed by atoms with Gasteiger partial charge in [0.2, 0.25) is 0 Å². The van der Waals surface area contributed by atoms with Gasteiger partial charge in [-0.2, -0.15) is 0 Å². The van der Waals surface area contributed by atoms with E-state index in [0.717, 1.165) is 23.5 Å². The molecule has 0 bridgehead atoms. The van der Waals surface area contributed by atoms with Crippen molar-refractivity contribution in [2.45, 2.75) is 46.3 Å². The Balaban J connectivity index is 2.76. The molecule has 20 heavy (non-hydrogen) atoms. The SMILES string of the molecule is CCOc1cccc(CC(C)N)c1OCCOC(C)C. The van der Waals surface area contributed by atoms with Crippen molar-refractivity contribution in [1.82, 2.24) is 0 Å². The fourth-order valence-electron chi connectivity index (χ4n) is 1.93. The summed E-state index contributed by atoms with van der Waals surface area (Å²) in [5.74, 6) is 1.56. The first kappa shape index (κ1) is 16.8. The molecule has 4 nitrogen and oxygen atoms in total. The summed E-state index contributed by atoms with van der Waals surface area (Å²) in [6.45, 7) is 9.65. The van der Waals surface area contributed by atoms with Crippen LogP contribution < -0.4 is 15.2 Å². The number of rotatable bonds is 9. The summed E-state index contributed by atoms with van der Waals surface area (Å²) in [6.07, 6.45) is 0.977. The van der Waals surface area contributed by atoms with Crippen molar-refractivity contribution in [3.8, 4) is 11.5 Å². The first-order valence-electron chi connectivity index (χ1n) is 7.29. The van der Waals surface area contributed by atoms with Crippen molar-refractivity contribution >= 4 is 0 Å². The predicted octanol–water partition coefficient (Wildman–Crippen LogP) is 2.78. The van der Waals surface area contributed by atoms with Gasteiger partial charge in [0.15, 0.2) is 11.5 Å². The Morgan fingerprint density at radius 3 is 2.45 bits per heavy atom. The lowest BCUT2D eigenvalue weighted by molar-refractivity contribution is 0.0543. The summed E-state index contributed by atoms with van der Waals surface area (Å²) >= 11 is 0. The molecule has 0 fully saturated rings. The molecule has 0 aliphatic rings. The molecule has 0 saturated carbocycles. The van der Waals surface area contributed by atoms with Crippen LogP contribution in [0.4, 0.5) is 0 Å². The molecule has 0 aliphatic carbocycles. The maximum absolute atomic E-state index is 5.89. The average Bonchev–Trinajstić information content (AvgIpc) is 2.36. The van der Waals surface area contributed by atoms with Crippen LogP contribution in [0.1, 0.15) is 33.3 Å². The zero-order valence-electron chi connectivity index (χ0n) is 13.0. The summed E-state index contributed by atoms with van der Waals surface area (Å²) in [6, 6.07) is 6.01. The molecule has 2 N–H and O–H groups in total. The molecule has 0 aliphatic heterocycles. The van der Waals surface area contributed by atoms with E-state index in [2.05, 4.69) is 0 Å². The zero-order valence-corrected chi connectivity index (χ0v) is 13.0. The topological polar surface area (TPSA) is 53.7 Å². The third-order valence-corrected chi connectivity index (χ3v) is 2.68. The first-order chi connectivity index (χ1) is 9.54. The highest BCUT2D eigenvalue weighted by Gasteiger charge is 2.12. The molecule has 0 amide bonds. The van der Waals surface area contributed by atoms with E-state index in [1.165, 1.54) is 0 Å². The second-order valence-corrected chi connectivity index (χ2v) is 5.13. The Morgan fingerprint density at radius 2 is 1.85 bits per heavy atom. The molecule has 0 spiro atoms. The molecule has 0 heterocycles. The van der Waals surface area contributed by atoms with E-state index >= 15 is 0 Å². The Kier molecular flexibility index (Phi) is 7.41. The van der Waals surface area contributed by atoms with Crippen LogP contribution in [-0.2, 0) is 11.2 Å². The first-order valence-corrected chi connectivity index (χ1v) is 7.29. The molecule has 1 aromatic carbocycles. The van der Waals surface area contributed by atoms with Crippen LogP contribution in [0, 0.1) is 0 Å². The van der Waals surface area contributed by atoms with Crippen LogP contribution in [-0.4, -0.2) is 32.0 Å². The Morgan fingerprint density at radius 1 is 1.10 bits per heavy atom. The Hall–Kier alpha value is -1.26. The van der Waals surface area contributed by atoms with Crippen LogP contribution >= 0.6 is 0 Å². The van der Waals surface area contributed by atoms with Gasteiger partial charge in [0.05, 0.1) is 19.3 Å². The molecule has 1 rings (SSSR count). The van der Waals surface area contributed by atoms with Crippen molar-refractivity contribution in [2.24, 2.45) is 5.73 Å². The van der Waals surface area contributed by atoms with Crippen LogP contribution in [0.25, 0.3) is 0 Å². The van der Waals surface area contributed by atoms with Gasteiger partial charge in [0, 0.05) is 6.04 Å². The van der Waals surface area contributed by atoms with Crippen molar-refractivity contribution in [3.63, 3.8) is 0 Å². The predicted molar refractivity (Wildman–Crippen MR) is 81.5 cm³/mol. The van der Waals surface area contributed by atoms with Gasteiger partial charge in [-0.15, -0.1) is 0 Å². The molecule has 114 valence electrons. The zero-order chi connectivity index (χ0) is 15.0. The van der Waals surface area contributed by atoms with Crippen molar-refractivity contribution in [1.29, 1.82) is 0 Å². The number of ether oxygens (including phenoxy) is 3. The van der Waals surface area contributed by atoms with E-state index in [0.29, 0.717) is 19.8 Å². The molecular weight excluding hydrogens is 254 g/mol. The van der Waals surface area contributed by atoms with Gasteiger partial charge in [-0.1, -0.05) is 12.1 Å². The molecule has 1 atom stereocenters. The quantitative estimate of drug-likeness (QED) is 0.707. The van der Waals surface area contributed by atoms with Crippen LogP contribution in [0.5, 0.6) is 11.5 Å². The van der Waals surface area contributed by atoms with Crippen molar-refractivity contribution in [2.75, 3.05) is 19.8 Å². The van der Waals surface area contributed by atoms with E-state index < -0.39 is 0 Å². The lowest BCUT2D eigenvalue weighted by Crippen LogP contribution is -2.19. The summed E-state index contributed by atoms with van der Waals surface area (Å²) in [5, 5.41) is 0. The number of hydrogen-bond acceptors (Lipinski definition) is 4. The van der Waals surface area contributed by atoms with E-state index in [-0.39, 0.29) is 12.1 Å². The molecule has 4 heteroatoms. The summed E-state index contributed by atoms with van der Waals surface area (Å²) in [5.41, 5.74) is 6.97. The van der Waals surface area contributed by atoms with Gasteiger partial charge in [0.25, 0.3) is 0 Å². The van der Waals surface area contributed by atoms with Crippen LogP contribution in [0.2, 0.25) is 0 Å². The lowest BCUT2D eigenvalue weighted by Gasteiger charge is -2.17. The van der Waals surface area contributed by atoms with Crippen molar-refractivity contribution < 1.29 is 14.2 Å². The van der Waals surface area contributed by atoms with Crippen molar-refractivity contribution in [3.05, 3.63) is 23.8 Å². The van der Waals surface area contributed by atoms with Gasteiger partial charge < -0.3 is 19.9 Å². The maximum Gasteiger partial charge on any atom is 0.164 e. The smallest absolute Gasteiger partial charge is 0.164 e. The summed E-state index contributed by atoms with van der Waals surface area (Å²) in [7, 11) is 0. The molecular formula is C16H27NO3. The number of nitrogens with two attached hydrogens (primary N) is 1. The monoisotopic (exact) mass is 281 g/mol. The molecule has 1 aromatic rings. The van der Waals surface area contributed by atoms with E-state index in [1.807, 2.05) is 45.9 Å². The fraction of sp³-hybridized carbons (Fsp3) is 0.625. The second kappa shape index (κ2) is 8.82. The fourth-order valence-corrected chi connectivity index (χ4v) is 1.93. The Bertz CT molecular complexity index is 391. The maximum atomic E-state index is 5.89. The van der Waals surface area contributed by atoms with Gasteiger partial charge in [-0.05, 0) is 45.7 Å². The van der Waals surface area contributed by atoms with Gasteiger partial charge in [0.1, 0.15) is 6.61 Å². The van der Waals surface area contributed by atoms with Crippen LogP contribution in [0.3, 0.4) is 0 Å². The summed E-state index contributed by atoms with van der Waals surface area (Å²) in [4.78, 5) is 0. The van der Waals surface area contributed by atoms with Gasteiger partial charge >= 0.3 is 0 Å². The third kappa shape index (κ3) is 5.80. The number of para-hydroxylation sites is 1. The molecule has 0 radical (unpaired) electrons. The van der Waals surface area contributed by atoms with E-state index in [4.69, 9.17) is 19.9 Å². The lowest BCUT2D eigenvalue weighted by atomic mass is 10.1. The highest BCUT2D eigenvalue weighted by Crippen LogP contribution is 2.32. The van der Waals surface area contributed by atoms with E-state index in [9.17, 15) is 0 Å². The van der Waals surface area contributed by atoms with E-state index in [1.54, 1.807) is 0 Å². The number of benzene rings is 1. The van der Waals surface area contributed by atoms with Crippen LogP contribution in [0.15, 0.2) is 18.2 Å². The van der Waals surface area contributed by atoms with Gasteiger partial charge in [-0.3, -0.25) is 0 Å². The normalized spacial score (nSPS) is 12.5. The second-order valence-electron chi connectivity index (χ2n) is 5.13. The third-order valence-electron chi connectivity index (χ3n) is 2.68.